The summed E-state index contributed by atoms with van der Waals surface area (Å²) in [5.41, 5.74) is 16.0. The molecule has 149 heavy (non-hydrogen) atoms. The van der Waals surface area contributed by atoms with Gasteiger partial charge >= 0.3 is 0 Å². The Balaban J connectivity index is 0.000000135. The molecule has 8 aromatic rings. The van der Waals surface area contributed by atoms with Gasteiger partial charge in [-0.2, -0.15) is 0 Å². The highest BCUT2D eigenvalue weighted by atomic mass is 16.5. The SMILES string of the molecule is CCC(=O)[C@@H]1C[C@]23CCCCCCCCCc4cc(C(C)C)cc5c(C(C)=O)cn(c45)CC(=O)N1[C@@H]2C3.CCC(=O)[C@@H]1C[C@]23CCCCCCCCCc4cc(C)cc5c(C(C)=O)cn(c45)CC(=O)N1[C@@H]2C3.CCC(=O)[C@@H]1C[C@]23CCCCCCCCCc4cc(CCC(C)C)cc5c(C(C)=O)cn(c45)CC(=O)N1[C@@H]2C3.CCC(=O)[C@@H]1C[C@]23CCCCCCCCCc4cc(OC(C)C)cc5c(C(C)=O)cn(c45)CC(=O)N1[C@@H]2C3. The zero-order valence-electron chi connectivity index (χ0n) is 93.3. The lowest BCUT2D eigenvalue weighted by Gasteiger charge is -2.27. The van der Waals surface area contributed by atoms with E-state index in [0.29, 0.717) is 59.8 Å². The van der Waals surface area contributed by atoms with Gasteiger partial charge in [0.05, 0.1) is 52.3 Å². The van der Waals surface area contributed by atoms with Gasteiger partial charge in [0.2, 0.25) is 23.6 Å². The highest BCUT2D eigenvalue weighted by molar-refractivity contribution is 6.12. The highest BCUT2D eigenvalue weighted by Gasteiger charge is 2.70. The third-order valence-electron chi connectivity index (χ3n) is 37.4. The summed E-state index contributed by atoms with van der Waals surface area (Å²) in [6, 6.07) is 17.1. The van der Waals surface area contributed by atoms with Crippen LogP contribution in [0.4, 0.5) is 0 Å². The lowest BCUT2D eigenvalue weighted by molar-refractivity contribution is -0.139. The van der Waals surface area contributed by atoms with Gasteiger partial charge < -0.3 is 42.6 Å². The number of ether oxygens (including phenoxy) is 1. The molecule has 4 saturated heterocycles. The molecule has 12 aliphatic rings. The van der Waals surface area contributed by atoms with Gasteiger partial charge in [-0.15, -0.1) is 0 Å². The lowest BCUT2D eigenvalue weighted by Crippen LogP contribution is -2.44. The molecular formula is C128H176N8O13. The van der Waals surface area contributed by atoms with Crippen LogP contribution in [0, 0.1) is 34.5 Å². The third-order valence-corrected chi connectivity index (χ3v) is 37.4. The molecule has 806 valence electrons. The number of rotatable bonds is 18. The highest BCUT2D eigenvalue weighted by Crippen LogP contribution is 2.67. The molecule has 0 N–H and O–H groups in total. The normalized spacial score (nSPS) is 26.7. The number of ketones is 8. The van der Waals surface area contributed by atoms with Crippen molar-refractivity contribution in [2.45, 2.75) is 511 Å². The van der Waals surface area contributed by atoms with Crippen molar-refractivity contribution >= 4 is 114 Å². The van der Waals surface area contributed by atoms with Gasteiger partial charge in [-0.05, 0) is 287 Å². The van der Waals surface area contributed by atoms with E-state index in [0.717, 1.165) is 202 Å². The summed E-state index contributed by atoms with van der Waals surface area (Å²) in [5.74, 6) is 2.72. The molecule has 4 amide bonds. The molecule has 12 atom stereocenters. The van der Waals surface area contributed by atoms with E-state index in [9.17, 15) is 57.5 Å². The number of carbonyl (C=O) groups excluding carboxylic acids is 12. The Bertz CT molecular complexity index is 6340. The molecule has 4 saturated carbocycles. The number of Topliss-reactive ketones (excluding diaryl/α,β-unsaturated/α-hetero) is 8. The number of carbonyl (C=O) groups is 12. The maximum Gasteiger partial charge on any atom is 0.243 e. The first kappa shape index (κ1) is 110. The monoisotopic (exact) mass is 2030 g/mol. The van der Waals surface area contributed by atoms with E-state index in [2.05, 4.69) is 77.1 Å². The molecule has 0 radical (unpaired) electrons. The maximum atomic E-state index is 14.0. The van der Waals surface area contributed by atoms with E-state index < -0.39 is 0 Å². The zero-order valence-corrected chi connectivity index (χ0v) is 93.3. The van der Waals surface area contributed by atoms with Gasteiger partial charge in [-0.25, -0.2) is 0 Å². The fraction of sp³-hybridized carbons (Fsp3) is 0.656. The molecule has 20 rings (SSSR count). The number of nitrogens with zero attached hydrogens (tertiary/aromatic N) is 8. The first-order valence-electron chi connectivity index (χ1n) is 59.2. The van der Waals surface area contributed by atoms with Crippen LogP contribution in [0.1, 0.15) is 472 Å². The molecule has 0 spiro atoms. The summed E-state index contributed by atoms with van der Waals surface area (Å²) in [4.78, 5) is 166. The average Bonchev–Trinajstić information content (AvgIpc) is 1.54. The van der Waals surface area contributed by atoms with Crippen molar-refractivity contribution < 1.29 is 62.3 Å². The van der Waals surface area contributed by atoms with Crippen LogP contribution in [0.15, 0.2) is 73.3 Å². The van der Waals surface area contributed by atoms with Crippen LogP contribution in [0.2, 0.25) is 0 Å². The second-order valence-electron chi connectivity index (χ2n) is 49.3. The van der Waals surface area contributed by atoms with Crippen LogP contribution in [0.5, 0.6) is 5.75 Å². The van der Waals surface area contributed by atoms with E-state index in [1.807, 2.05) is 110 Å². The zero-order chi connectivity index (χ0) is 106. The Kier molecular flexibility index (Phi) is 35.0. The largest absolute Gasteiger partial charge is 0.491 e. The Morgan fingerprint density at radius 2 is 0.591 bits per heavy atom. The standard InChI is InChI=1S/C34H48N2O3.C32H44N2O4.C32H44N2O3.C30H40N2O3/c1-5-30(38)29-19-34-16-12-10-8-6-7-9-11-13-26-17-25(15-14-23(2)3)18-27-28(24(4)37)21-35(33(26)27)22-32(39)36(29)31(34)20-34;1-5-28(36)27-17-32-14-12-10-8-6-7-9-11-13-23-15-24(38-21(2)3)16-25-26(22(4)35)19-33(31(23)25)20-30(37)34(27)29(32)18-32;1-5-28(36)27-17-32-14-12-10-8-6-7-9-11-13-23-15-24(21(2)3)16-25-26(22(4)35)19-33(31(23)25)20-30(37)34(27)29(32)18-32;1-4-26(34)25-16-30-13-11-9-7-5-6-8-10-12-22-14-20(2)15-23-24(21(3)33)18-31(29(22)23)19-28(35)32(25)27(30)17-30/h17-18,21,23,29,31H,5-16,19-20,22H2,1-4H3;15-16,19,21,27,29H,5-14,17-18,20H2,1-4H3;15-16,19,21,27,29H,5-14,17-18,20H2,1-4H3;14-15,18,25,27H,4-13,16-17,19H2,1-3H3/t29-,31+,34-;2*27-,29+,32-;25-,27+,30-/m0000/s1. The molecular weight excluding hydrogens is 1860 g/mol. The molecule has 8 fully saturated rings. The van der Waals surface area contributed by atoms with Crippen molar-refractivity contribution in [3.63, 3.8) is 0 Å². The summed E-state index contributed by atoms with van der Waals surface area (Å²) >= 11 is 0. The number of hydrogen-bond donors (Lipinski definition) is 0. The fourth-order valence-electron chi connectivity index (χ4n) is 29.1. The van der Waals surface area contributed by atoms with Crippen molar-refractivity contribution in [3.8, 4) is 5.75 Å². The predicted molar refractivity (Wildman–Crippen MR) is 594 cm³/mol. The van der Waals surface area contributed by atoms with Crippen LogP contribution in [-0.4, -0.2) is 162 Å². The van der Waals surface area contributed by atoms with Crippen molar-refractivity contribution in [2.24, 2.45) is 27.6 Å². The summed E-state index contributed by atoms with van der Waals surface area (Å²) < 4.78 is 14.2. The maximum absolute atomic E-state index is 14.0. The van der Waals surface area contributed by atoms with E-state index in [1.165, 1.54) is 182 Å². The molecule has 4 aliphatic carbocycles. The van der Waals surface area contributed by atoms with Crippen LogP contribution in [0.25, 0.3) is 43.6 Å². The summed E-state index contributed by atoms with van der Waals surface area (Å²) in [7, 11) is 0. The lowest BCUT2D eigenvalue weighted by atomic mass is 9.90. The number of aryl methyl sites for hydroxylation is 6. The average molecular weight is 2030 g/mol. The molecule has 8 bridgehead atoms. The number of aromatic nitrogens is 4. The van der Waals surface area contributed by atoms with Crippen LogP contribution in [0.3, 0.4) is 0 Å². The van der Waals surface area contributed by atoms with Gasteiger partial charge in [0.25, 0.3) is 0 Å². The second kappa shape index (κ2) is 47.4. The summed E-state index contributed by atoms with van der Waals surface area (Å²) in [6.45, 7) is 29.8. The minimum atomic E-state index is -0.301. The quantitative estimate of drug-likeness (QED) is 0.0726. The van der Waals surface area contributed by atoms with Gasteiger partial charge in [0.15, 0.2) is 46.3 Å². The van der Waals surface area contributed by atoms with Gasteiger partial charge in [-0.1, -0.05) is 233 Å². The van der Waals surface area contributed by atoms with Crippen molar-refractivity contribution in [1.82, 2.24) is 37.9 Å². The smallest absolute Gasteiger partial charge is 0.243 e. The van der Waals surface area contributed by atoms with Crippen LogP contribution in [-0.2, 0) is 96.6 Å². The Labute approximate surface area is 887 Å². The number of amides is 4. The van der Waals surface area contributed by atoms with Gasteiger partial charge in [0.1, 0.15) is 31.9 Å². The third kappa shape index (κ3) is 23.9. The van der Waals surface area contributed by atoms with E-state index in [-0.39, 0.29) is 172 Å². The number of piperidine rings is 4. The number of benzene rings is 4. The molecule has 21 nitrogen and oxygen atoms in total. The van der Waals surface area contributed by atoms with E-state index in [1.54, 1.807) is 27.7 Å². The minimum absolute atomic E-state index is 0.00551. The Morgan fingerprint density at radius 1 is 0.322 bits per heavy atom. The van der Waals surface area contributed by atoms with Crippen molar-refractivity contribution in [2.75, 3.05) is 0 Å². The van der Waals surface area contributed by atoms with Crippen LogP contribution < -0.4 is 4.74 Å². The van der Waals surface area contributed by atoms with Crippen molar-refractivity contribution in [3.05, 3.63) is 135 Å². The van der Waals surface area contributed by atoms with E-state index in [4.69, 9.17) is 4.74 Å². The Hall–Kier alpha value is -9.92. The Morgan fingerprint density at radius 3 is 0.879 bits per heavy atom. The summed E-state index contributed by atoms with van der Waals surface area (Å²) in [6.07, 6.45) is 61.7. The summed E-state index contributed by atoms with van der Waals surface area (Å²) in [5, 5.41) is 3.79. The predicted octanol–water partition coefficient (Wildman–Crippen LogP) is 27.2. The first-order valence-corrected chi connectivity index (χ1v) is 59.2. The molecule has 4 aromatic carbocycles. The molecule has 0 unspecified atom stereocenters. The minimum Gasteiger partial charge on any atom is -0.491 e. The molecule has 21 heteroatoms. The topological polar surface area (TPSA) is 247 Å². The van der Waals surface area contributed by atoms with Gasteiger partial charge in [0, 0.05) is 118 Å². The fourth-order valence-corrected chi connectivity index (χ4v) is 29.1. The molecule has 4 aromatic heterocycles. The van der Waals surface area contributed by atoms with Gasteiger partial charge in [-0.3, -0.25) is 57.5 Å². The van der Waals surface area contributed by atoms with E-state index >= 15 is 0 Å². The van der Waals surface area contributed by atoms with Crippen molar-refractivity contribution in [1.29, 1.82) is 0 Å². The van der Waals surface area contributed by atoms with Crippen LogP contribution >= 0.6 is 0 Å². The molecule has 12 heterocycles. The second-order valence-corrected chi connectivity index (χ2v) is 49.3. The number of hydrogen-bond acceptors (Lipinski definition) is 13. The first-order chi connectivity index (χ1) is 71.6. The molecule has 8 aliphatic heterocycles.